The molecule has 2 aromatic heterocycles. The summed E-state index contributed by atoms with van der Waals surface area (Å²) in [5, 5.41) is 4.45. The molecule has 0 amide bonds. The van der Waals surface area contributed by atoms with E-state index in [1.165, 1.54) is 18.4 Å². The lowest BCUT2D eigenvalue weighted by atomic mass is 10.1. The molecule has 0 saturated carbocycles. The molecule has 2 aromatic rings. The van der Waals surface area contributed by atoms with Crippen molar-refractivity contribution < 1.29 is 0 Å². The van der Waals surface area contributed by atoms with Crippen LogP contribution in [-0.2, 0) is 20.1 Å². The Hall–Kier alpha value is -1.99. The number of nitrogen functional groups attached to an aromatic ring is 1. The first kappa shape index (κ1) is 17.8. The predicted octanol–water partition coefficient (Wildman–Crippen LogP) is 1.59. The summed E-state index contributed by atoms with van der Waals surface area (Å²) in [6.07, 6.45) is 7.46. The van der Waals surface area contributed by atoms with Gasteiger partial charge in [0, 0.05) is 37.6 Å². The zero-order valence-electron chi connectivity index (χ0n) is 15.5. The number of nitrogens with two attached hydrogens (primary N) is 1. The van der Waals surface area contributed by atoms with E-state index in [0.29, 0.717) is 11.9 Å². The van der Waals surface area contributed by atoms with E-state index >= 15 is 0 Å². The molecule has 1 fully saturated rings. The third kappa shape index (κ3) is 4.76. The van der Waals surface area contributed by atoms with Gasteiger partial charge in [-0.15, -0.1) is 0 Å². The minimum Gasteiger partial charge on any atom is -0.384 e. The lowest BCUT2D eigenvalue weighted by Crippen LogP contribution is -2.33. The van der Waals surface area contributed by atoms with Crippen molar-refractivity contribution in [2.75, 3.05) is 25.9 Å². The van der Waals surface area contributed by atoms with Gasteiger partial charge in [0.1, 0.15) is 11.6 Å². The summed E-state index contributed by atoms with van der Waals surface area (Å²) in [6, 6.07) is 2.29. The van der Waals surface area contributed by atoms with Gasteiger partial charge in [0.15, 0.2) is 0 Å². The number of hydrogen-bond donors (Lipinski definition) is 1. The van der Waals surface area contributed by atoms with Gasteiger partial charge in [-0.05, 0) is 52.4 Å². The summed E-state index contributed by atoms with van der Waals surface area (Å²) in [5.74, 6) is 1.34. The lowest BCUT2D eigenvalue weighted by Gasteiger charge is -2.26. The molecule has 3 rings (SSSR count). The number of hydrogen-bond acceptors (Lipinski definition) is 6. The molecule has 0 aliphatic carbocycles. The molecule has 3 heterocycles. The Morgan fingerprint density at radius 1 is 1.32 bits per heavy atom. The molecular weight excluding hydrogens is 314 g/mol. The summed E-state index contributed by atoms with van der Waals surface area (Å²) in [5.41, 5.74) is 8.23. The lowest BCUT2D eigenvalue weighted by molar-refractivity contribution is 0.202. The molecule has 25 heavy (non-hydrogen) atoms. The van der Waals surface area contributed by atoms with Crippen LogP contribution in [-0.4, -0.2) is 55.7 Å². The first-order valence-corrected chi connectivity index (χ1v) is 9.00. The van der Waals surface area contributed by atoms with Gasteiger partial charge >= 0.3 is 0 Å². The molecule has 2 N–H and O–H groups in total. The smallest absolute Gasteiger partial charge is 0.144 e. The van der Waals surface area contributed by atoms with Crippen LogP contribution in [0.25, 0.3) is 0 Å². The highest BCUT2D eigenvalue weighted by molar-refractivity contribution is 5.25. The Bertz CT molecular complexity index is 696. The third-order valence-corrected chi connectivity index (χ3v) is 5.04. The van der Waals surface area contributed by atoms with E-state index in [2.05, 4.69) is 45.0 Å². The van der Waals surface area contributed by atoms with E-state index in [4.69, 9.17) is 5.73 Å². The van der Waals surface area contributed by atoms with Gasteiger partial charge < -0.3 is 5.73 Å². The second-order valence-corrected chi connectivity index (χ2v) is 7.09. The molecule has 1 aliphatic heterocycles. The highest BCUT2D eigenvalue weighted by Crippen LogP contribution is 2.19. The van der Waals surface area contributed by atoms with Crippen LogP contribution >= 0.6 is 0 Å². The molecule has 0 radical (unpaired) electrons. The minimum atomic E-state index is 0.539. The quantitative estimate of drug-likeness (QED) is 0.888. The summed E-state index contributed by atoms with van der Waals surface area (Å²) in [6.45, 7) is 6.09. The first-order chi connectivity index (χ1) is 12.0. The SMILES string of the molecule is Cc1nn(C)cc1CN1CCC[C@@H](N(C)Cc2nccc(N)n2)CC1. The summed E-state index contributed by atoms with van der Waals surface area (Å²) >= 11 is 0. The van der Waals surface area contributed by atoms with Crippen LogP contribution < -0.4 is 5.73 Å². The maximum Gasteiger partial charge on any atom is 0.144 e. The van der Waals surface area contributed by atoms with Crippen molar-refractivity contribution in [3.05, 3.63) is 35.5 Å². The van der Waals surface area contributed by atoms with Gasteiger partial charge in [-0.25, -0.2) is 9.97 Å². The summed E-state index contributed by atoms with van der Waals surface area (Å²) < 4.78 is 1.91. The average Bonchev–Trinajstić information content (AvgIpc) is 2.74. The van der Waals surface area contributed by atoms with Crippen molar-refractivity contribution in [2.24, 2.45) is 7.05 Å². The minimum absolute atomic E-state index is 0.539. The van der Waals surface area contributed by atoms with Crippen LogP contribution in [0, 0.1) is 6.92 Å². The van der Waals surface area contributed by atoms with Crippen LogP contribution in [0.1, 0.15) is 36.3 Å². The Balaban J connectivity index is 1.54. The number of anilines is 1. The predicted molar refractivity (Wildman–Crippen MR) is 98.8 cm³/mol. The Morgan fingerprint density at radius 2 is 2.16 bits per heavy atom. The van der Waals surface area contributed by atoms with Gasteiger partial charge in [0.25, 0.3) is 0 Å². The van der Waals surface area contributed by atoms with E-state index < -0.39 is 0 Å². The Labute approximate surface area is 149 Å². The number of rotatable bonds is 5. The number of likely N-dealkylation sites (tertiary alicyclic amines) is 1. The second kappa shape index (κ2) is 7.93. The van der Waals surface area contributed by atoms with Crippen LogP contribution in [0.4, 0.5) is 5.82 Å². The molecule has 1 saturated heterocycles. The Kier molecular flexibility index (Phi) is 5.65. The van der Waals surface area contributed by atoms with Crippen molar-refractivity contribution in [2.45, 2.75) is 45.3 Å². The normalized spacial score (nSPS) is 19.3. The van der Waals surface area contributed by atoms with Crippen molar-refractivity contribution in [3.8, 4) is 0 Å². The maximum absolute atomic E-state index is 5.76. The summed E-state index contributed by atoms with van der Waals surface area (Å²) in [7, 11) is 4.15. The van der Waals surface area contributed by atoms with E-state index in [1.54, 1.807) is 12.3 Å². The van der Waals surface area contributed by atoms with Gasteiger partial charge in [0.05, 0.1) is 12.2 Å². The molecule has 1 atom stereocenters. The van der Waals surface area contributed by atoms with Gasteiger partial charge in [0.2, 0.25) is 0 Å². The second-order valence-electron chi connectivity index (χ2n) is 7.09. The standard InChI is InChI=1S/C18H29N7/c1-14-15(11-24(3)22-14)12-25-9-4-5-16(7-10-25)23(2)13-18-20-8-6-17(19)21-18/h6,8,11,16H,4-5,7,9-10,12-13H2,1-3H3,(H2,19,20,21)/t16-/m1/s1. The fourth-order valence-electron chi connectivity index (χ4n) is 3.63. The number of aryl methyl sites for hydroxylation is 2. The third-order valence-electron chi connectivity index (χ3n) is 5.04. The topological polar surface area (TPSA) is 76.1 Å². The van der Waals surface area contributed by atoms with Crippen LogP contribution in [0.15, 0.2) is 18.5 Å². The fourth-order valence-corrected chi connectivity index (χ4v) is 3.63. The van der Waals surface area contributed by atoms with E-state index in [0.717, 1.165) is 44.1 Å². The van der Waals surface area contributed by atoms with E-state index in [-0.39, 0.29) is 0 Å². The maximum atomic E-state index is 5.76. The summed E-state index contributed by atoms with van der Waals surface area (Å²) in [4.78, 5) is 13.6. The molecule has 1 aliphatic rings. The van der Waals surface area contributed by atoms with E-state index in [1.807, 2.05) is 11.7 Å². The fraction of sp³-hybridized carbons (Fsp3) is 0.611. The molecule has 136 valence electrons. The van der Waals surface area contributed by atoms with Crippen molar-refractivity contribution in [1.82, 2.24) is 29.5 Å². The zero-order chi connectivity index (χ0) is 17.8. The van der Waals surface area contributed by atoms with Crippen molar-refractivity contribution >= 4 is 5.82 Å². The number of aromatic nitrogens is 4. The highest BCUT2D eigenvalue weighted by atomic mass is 15.3. The van der Waals surface area contributed by atoms with E-state index in [9.17, 15) is 0 Å². The largest absolute Gasteiger partial charge is 0.384 e. The Morgan fingerprint density at radius 3 is 2.88 bits per heavy atom. The van der Waals surface area contributed by atoms with Crippen molar-refractivity contribution in [1.29, 1.82) is 0 Å². The van der Waals surface area contributed by atoms with Crippen molar-refractivity contribution in [3.63, 3.8) is 0 Å². The highest BCUT2D eigenvalue weighted by Gasteiger charge is 2.21. The first-order valence-electron chi connectivity index (χ1n) is 9.00. The molecule has 0 bridgehead atoms. The van der Waals surface area contributed by atoms with Crippen LogP contribution in [0.5, 0.6) is 0 Å². The molecule has 7 heteroatoms. The van der Waals surface area contributed by atoms with Gasteiger partial charge in [-0.1, -0.05) is 0 Å². The number of nitrogens with zero attached hydrogens (tertiary/aromatic N) is 6. The molecule has 0 unspecified atom stereocenters. The molecular formula is C18H29N7. The monoisotopic (exact) mass is 343 g/mol. The average molecular weight is 343 g/mol. The van der Waals surface area contributed by atoms with Gasteiger partial charge in [-0.2, -0.15) is 5.10 Å². The molecule has 7 nitrogen and oxygen atoms in total. The molecule has 0 spiro atoms. The zero-order valence-corrected chi connectivity index (χ0v) is 15.5. The molecule has 0 aromatic carbocycles. The van der Waals surface area contributed by atoms with Crippen LogP contribution in [0.3, 0.4) is 0 Å². The van der Waals surface area contributed by atoms with Gasteiger partial charge in [-0.3, -0.25) is 14.5 Å². The van der Waals surface area contributed by atoms with Crippen LogP contribution in [0.2, 0.25) is 0 Å².